The molecule has 0 bridgehead atoms. The van der Waals surface area contributed by atoms with Crippen LogP contribution in [0.4, 0.5) is 11.4 Å². The highest BCUT2D eigenvalue weighted by Gasteiger charge is 2.16. The third-order valence-electron chi connectivity index (χ3n) is 3.94. The lowest BCUT2D eigenvalue weighted by Gasteiger charge is -2.18. The fourth-order valence-electron chi connectivity index (χ4n) is 2.48. The molecule has 0 saturated carbocycles. The molecule has 7 nitrogen and oxygen atoms in total. The minimum Gasteiger partial charge on any atom is -0.486 e. The van der Waals surface area contributed by atoms with Gasteiger partial charge in [-0.2, -0.15) is 0 Å². The standard InChI is InChI=1S/C20H21N3O4S/c1-12(2)18(24)21-14-4-3-5-15(11-14)22-20(28)23-19(25)13-6-7-16-17(10-13)27-9-8-26-16/h3-7,10-12H,8-9H2,1-2H3,(H,21,24)(H2,22,23,25,28). The average molecular weight is 399 g/mol. The van der Waals surface area contributed by atoms with Gasteiger partial charge in [-0.05, 0) is 48.6 Å². The Balaban J connectivity index is 1.61. The van der Waals surface area contributed by atoms with Crippen LogP contribution in [0, 0.1) is 5.92 Å². The summed E-state index contributed by atoms with van der Waals surface area (Å²) in [6.45, 7) is 4.57. The fourth-order valence-corrected chi connectivity index (χ4v) is 2.69. The zero-order chi connectivity index (χ0) is 20.1. The van der Waals surface area contributed by atoms with Crippen LogP contribution < -0.4 is 25.4 Å². The first-order valence-electron chi connectivity index (χ1n) is 8.85. The van der Waals surface area contributed by atoms with Crippen molar-refractivity contribution in [1.29, 1.82) is 0 Å². The van der Waals surface area contributed by atoms with E-state index in [0.717, 1.165) is 0 Å². The van der Waals surface area contributed by atoms with Gasteiger partial charge in [0.2, 0.25) is 5.91 Å². The Morgan fingerprint density at radius 3 is 2.36 bits per heavy atom. The SMILES string of the molecule is CC(C)C(=O)Nc1cccc(NC(=S)NC(=O)c2ccc3c(c2)OCCO3)c1. The molecular weight excluding hydrogens is 378 g/mol. The molecule has 0 spiro atoms. The second-order valence-corrected chi connectivity index (χ2v) is 6.90. The molecule has 3 rings (SSSR count). The summed E-state index contributed by atoms with van der Waals surface area (Å²) < 4.78 is 10.9. The Hall–Kier alpha value is -3.13. The third kappa shape index (κ3) is 4.98. The number of thiocarbonyl (C=S) groups is 1. The molecule has 28 heavy (non-hydrogen) atoms. The molecule has 0 atom stereocenters. The first kappa shape index (κ1) is 19.6. The molecule has 1 heterocycles. The summed E-state index contributed by atoms with van der Waals surface area (Å²) in [5.74, 6) is 0.587. The molecule has 0 aliphatic carbocycles. The van der Waals surface area contributed by atoms with Gasteiger partial charge in [0, 0.05) is 22.9 Å². The quantitative estimate of drug-likeness (QED) is 0.685. The van der Waals surface area contributed by atoms with Crippen LogP contribution >= 0.6 is 12.2 Å². The average Bonchev–Trinajstić information content (AvgIpc) is 2.67. The highest BCUT2D eigenvalue weighted by molar-refractivity contribution is 7.80. The van der Waals surface area contributed by atoms with Gasteiger partial charge < -0.3 is 20.1 Å². The van der Waals surface area contributed by atoms with E-state index in [-0.39, 0.29) is 22.8 Å². The number of amides is 2. The van der Waals surface area contributed by atoms with E-state index < -0.39 is 0 Å². The second kappa shape index (κ2) is 8.71. The predicted octanol–water partition coefficient (Wildman–Crippen LogP) is 3.18. The molecule has 0 fully saturated rings. The minimum absolute atomic E-state index is 0.0772. The van der Waals surface area contributed by atoms with Crippen molar-refractivity contribution in [1.82, 2.24) is 5.32 Å². The topological polar surface area (TPSA) is 88.7 Å². The van der Waals surface area contributed by atoms with E-state index >= 15 is 0 Å². The molecule has 146 valence electrons. The highest BCUT2D eigenvalue weighted by atomic mass is 32.1. The van der Waals surface area contributed by atoms with Crippen LogP contribution in [0.3, 0.4) is 0 Å². The Morgan fingerprint density at radius 2 is 1.64 bits per heavy atom. The molecule has 0 unspecified atom stereocenters. The van der Waals surface area contributed by atoms with Crippen molar-refractivity contribution >= 4 is 40.5 Å². The summed E-state index contributed by atoms with van der Waals surface area (Å²) in [6.07, 6.45) is 0. The van der Waals surface area contributed by atoms with Gasteiger partial charge in [0.15, 0.2) is 16.6 Å². The molecule has 2 amide bonds. The van der Waals surface area contributed by atoms with Gasteiger partial charge in [0.1, 0.15) is 13.2 Å². The van der Waals surface area contributed by atoms with Gasteiger partial charge in [0.25, 0.3) is 5.91 Å². The van der Waals surface area contributed by atoms with Gasteiger partial charge >= 0.3 is 0 Å². The maximum Gasteiger partial charge on any atom is 0.257 e. The monoisotopic (exact) mass is 399 g/mol. The minimum atomic E-state index is -0.362. The van der Waals surface area contributed by atoms with Gasteiger partial charge in [-0.15, -0.1) is 0 Å². The smallest absolute Gasteiger partial charge is 0.257 e. The van der Waals surface area contributed by atoms with Crippen molar-refractivity contribution < 1.29 is 19.1 Å². The third-order valence-corrected chi connectivity index (χ3v) is 4.15. The van der Waals surface area contributed by atoms with Gasteiger partial charge in [0.05, 0.1) is 0 Å². The van der Waals surface area contributed by atoms with Crippen LogP contribution in [-0.2, 0) is 4.79 Å². The van der Waals surface area contributed by atoms with E-state index in [1.807, 2.05) is 13.8 Å². The Kier molecular flexibility index (Phi) is 6.10. The summed E-state index contributed by atoms with van der Waals surface area (Å²) in [6, 6.07) is 12.0. The summed E-state index contributed by atoms with van der Waals surface area (Å²) in [5.41, 5.74) is 1.70. The van der Waals surface area contributed by atoms with E-state index in [9.17, 15) is 9.59 Å². The van der Waals surface area contributed by atoms with Crippen molar-refractivity contribution in [2.24, 2.45) is 5.92 Å². The van der Waals surface area contributed by atoms with Crippen molar-refractivity contribution in [3.8, 4) is 11.5 Å². The number of anilines is 2. The highest BCUT2D eigenvalue weighted by Crippen LogP contribution is 2.30. The predicted molar refractivity (Wildman–Crippen MR) is 111 cm³/mol. The molecule has 1 aliphatic rings. The lowest BCUT2D eigenvalue weighted by molar-refractivity contribution is -0.118. The van der Waals surface area contributed by atoms with E-state index in [4.69, 9.17) is 21.7 Å². The van der Waals surface area contributed by atoms with Crippen molar-refractivity contribution in [2.45, 2.75) is 13.8 Å². The molecule has 0 aromatic heterocycles. The zero-order valence-electron chi connectivity index (χ0n) is 15.6. The van der Waals surface area contributed by atoms with Crippen molar-refractivity contribution in [3.05, 3.63) is 48.0 Å². The summed E-state index contributed by atoms with van der Waals surface area (Å²) in [5, 5.41) is 8.53. The number of benzene rings is 2. The molecule has 0 saturated heterocycles. The molecular formula is C20H21N3O4S. The normalized spacial score (nSPS) is 12.2. The molecule has 8 heteroatoms. The molecule has 3 N–H and O–H groups in total. The number of rotatable bonds is 4. The second-order valence-electron chi connectivity index (χ2n) is 6.49. The molecule has 1 aliphatic heterocycles. The van der Waals surface area contributed by atoms with Crippen LogP contribution in [-0.4, -0.2) is 30.1 Å². The van der Waals surface area contributed by atoms with Crippen LogP contribution in [0.5, 0.6) is 11.5 Å². The van der Waals surface area contributed by atoms with E-state index in [0.29, 0.717) is 41.7 Å². The van der Waals surface area contributed by atoms with Crippen LogP contribution in [0.15, 0.2) is 42.5 Å². The van der Waals surface area contributed by atoms with Crippen molar-refractivity contribution in [3.63, 3.8) is 0 Å². The zero-order valence-corrected chi connectivity index (χ0v) is 16.4. The lowest BCUT2D eigenvalue weighted by Crippen LogP contribution is -2.34. The first-order chi connectivity index (χ1) is 13.4. The van der Waals surface area contributed by atoms with Gasteiger partial charge in [-0.1, -0.05) is 19.9 Å². The fraction of sp³-hybridized carbons (Fsp3) is 0.250. The first-order valence-corrected chi connectivity index (χ1v) is 9.26. The number of carbonyl (C=O) groups excluding carboxylic acids is 2. The summed E-state index contributed by atoms with van der Waals surface area (Å²) >= 11 is 5.22. The molecule has 0 radical (unpaired) electrons. The molecule has 2 aromatic carbocycles. The lowest BCUT2D eigenvalue weighted by atomic mass is 10.2. The molecule has 2 aromatic rings. The number of fused-ring (bicyclic) bond motifs is 1. The van der Waals surface area contributed by atoms with Crippen LogP contribution in [0.2, 0.25) is 0 Å². The van der Waals surface area contributed by atoms with Crippen molar-refractivity contribution in [2.75, 3.05) is 23.8 Å². The Morgan fingerprint density at radius 1 is 0.964 bits per heavy atom. The number of ether oxygens (including phenoxy) is 2. The maximum absolute atomic E-state index is 12.4. The van der Waals surface area contributed by atoms with Crippen LogP contribution in [0.1, 0.15) is 24.2 Å². The Labute approximate surface area is 168 Å². The summed E-state index contributed by atoms with van der Waals surface area (Å²) in [4.78, 5) is 24.2. The number of hydrogen-bond acceptors (Lipinski definition) is 5. The largest absolute Gasteiger partial charge is 0.486 e. The number of nitrogens with one attached hydrogen (secondary N) is 3. The van der Waals surface area contributed by atoms with E-state index in [2.05, 4.69) is 16.0 Å². The van der Waals surface area contributed by atoms with Crippen LogP contribution in [0.25, 0.3) is 0 Å². The maximum atomic E-state index is 12.4. The van der Waals surface area contributed by atoms with E-state index in [1.54, 1.807) is 42.5 Å². The number of carbonyl (C=O) groups is 2. The van der Waals surface area contributed by atoms with Gasteiger partial charge in [-0.3, -0.25) is 14.9 Å². The summed E-state index contributed by atoms with van der Waals surface area (Å²) in [7, 11) is 0. The number of hydrogen-bond donors (Lipinski definition) is 3. The van der Waals surface area contributed by atoms with Gasteiger partial charge in [-0.25, -0.2) is 0 Å². The van der Waals surface area contributed by atoms with E-state index in [1.165, 1.54) is 0 Å². The Bertz CT molecular complexity index is 914.